The molecule has 0 atom stereocenters. The third-order valence-corrected chi connectivity index (χ3v) is 3.49. The second kappa shape index (κ2) is 6.70. The molecule has 0 aliphatic rings. The first-order valence-electron chi connectivity index (χ1n) is 5.64. The average molecular weight is 437 g/mol. The highest BCUT2D eigenvalue weighted by Crippen LogP contribution is 2.40. The Morgan fingerprint density at radius 3 is 1.61 bits per heavy atom. The largest absolute Gasteiger partial charge is 0.269 e. The number of hydrogen-bond acceptors (Lipinski definition) is 5. The Labute approximate surface area is 159 Å². The van der Waals surface area contributed by atoms with Gasteiger partial charge in [-0.25, -0.2) is 15.0 Å². The second-order valence-electron chi connectivity index (χ2n) is 4.11. The minimum absolute atomic E-state index is 0.0394. The van der Waals surface area contributed by atoms with Gasteiger partial charge in [0.05, 0.1) is 4.92 Å². The third-order valence-electron chi connectivity index (χ3n) is 2.48. The summed E-state index contributed by atoms with van der Waals surface area (Å²) in [7, 11) is 0. The summed E-state index contributed by atoms with van der Waals surface area (Å²) in [6.07, 6.45) is 0. The number of alkyl halides is 6. The van der Waals surface area contributed by atoms with Crippen molar-refractivity contribution in [1.29, 1.82) is 0 Å². The number of rotatable bonds is 2. The van der Waals surface area contributed by atoms with Gasteiger partial charge in [-0.3, -0.25) is 10.1 Å². The zero-order valence-corrected chi connectivity index (χ0v) is 15.2. The predicted molar refractivity (Wildman–Crippen MR) is 90.4 cm³/mol. The van der Waals surface area contributed by atoms with Crippen LogP contribution in [0, 0.1) is 10.1 Å². The quantitative estimate of drug-likeness (QED) is 0.371. The van der Waals surface area contributed by atoms with Gasteiger partial charge < -0.3 is 0 Å². The standard InChI is InChI=1S/C11H4Cl6N4O2/c12-10(13,14)8-18-7(19-9(20-8)11(15,16)17)5-1-3-6(4-2-5)21(22)23/h1-4H. The van der Waals surface area contributed by atoms with Crippen LogP contribution in [-0.4, -0.2) is 19.9 Å². The van der Waals surface area contributed by atoms with Crippen LogP contribution in [0.1, 0.15) is 11.6 Å². The van der Waals surface area contributed by atoms with Crippen LogP contribution in [0.5, 0.6) is 0 Å². The minimum atomic E-state index is -1.97. The fourth-order valence-electron chi connectivity index (χ4n) is 1.49. The van der Waals surface area contributed by atoms with E-state index in [-0.39, 0.29) is 23.2 Å². The number of benzene rings is 1. The maximum atomic E-state index is 10.7. The number of aromatic nitrogens is 3. The molecule has 1 heterocycles. The number of hydrogen-bond donors (Lipinski definition) is 0. The Hall–Kier alpha value is -0.630. The van der Waals surface area contributed by atoms with Crippen molar-refractivity contribution >= 4 is 75.3 Å². The lowest BCUT2D eigenvalue weighted by Crippen LogP contribution is -2.16. The van der Waals surface area contributed by atoms with Gasteiger partial charge in [0.2, 0.25) is 7.59 Å². The first kappa shape index (κ1) is 18.7. The first-order valence-corrected chi connectivity index (χ1v) is 7.90. The van der Waals surface area contributed by atoms with Crippen molar-refractivity contribution in [3.05, 3.63) is 46.0 Å². The van der Waals surface area contributed by atoms with Crippen LogP contribution >= 0.6 is 69.6 Å². The Morgan fingerprint density at radius 1 is 0.826 bits per heavy atom. The molecule has 12 heteroatoms. The molecule has 0 radical (unpaired) electrons. The molecule has 0 bridgehead atoms. The Kier molecular flexibility index (Phi) is 5.45. The molecule has 122 valence electrons. The van der Waals surface area contributed by atoms with Crippen molar-refractivity contribution < 1.29 is 4.92 Å². The average Bonchev–Trinajstić information content (AvgIpc) is 2.45. The van der Waals surface area contributed by atoms with E-state index in [0.717, 1.165) is 0 Å². The molecular weight excluding hydrogens is 433 g/mol. The molecule has 6 nitrogen and oxygen atoms in total. The van der Waals surface area contributed by atoms with Crippen LogP contribution in [0.2, 0.25) is 0 Å². The monoisotopic (exact) mass is 434 g/mol. The van der Waals surface area contributed by atoms with Gasteiger partial charge in [0, 0.05) is 17.7 Å². The smallest absolute Gasteiger partial charge is 0.258 e. The molecule has 2 rings (SSSR count). The lowest BCUT2D eigenvalue weighted by molar-refractivity contribution is -0.384. The van der Waals surface area contributed by atoms with Crippen LogP contribution in [0.15, 0.2) is 24.3 Å². The number of non-ortho nitro benzene ring substituents is 1. The minimum Gasteiger partial charge on any atom is -0.258 e. The summed E-state index contributed by atoms with van der Waals surface area (Å²) < 4.78 is -3.94. The van der Waals surface area contributed by atoms with Gasteiger partial charge >= 0.3 is 0 Å². The summed E-state index contributed by atoms with van der Waals surface area (Å²) in [5, 5.41) is 10.7. The highest BCUT2D eigenvalue weighted by molar-refractivity contribution is 6.67. The third kappa shape index (κ3) is 4.68. The molecule has 0 N–H and O–H groups in total. The van der Waals surface area contributed by atoms with Crippen LogP contribution in [0.4, 0.5) is 5.69 Å². The molecule has 0 aliphatic heterocycles. The van der Waals surface area contributed by atoms with Gasteiger partial charge in [-0.1, -0.05) is 69.6 Å². The van der Waals surface area contributed by atoms with E-state index in [9.17, 15) is 10.1 Å². The molecule has 0 aliphatic carbocycles. The fraction of sp³-hybridized carbons (Fsp3) is 0.182. The number of nitro groups is 1. The highest BCUT2D eigenvalue weighted by Gasteiger charge is 2.34. The molecule has 1 aromatic carbocycles. The van der Waals surface area contributed by atoms with Crippen molar-refractivity contribution in [2.24, 2.45) is 0 Å². The maximum absolute atomic E-state index is 10.7. The molecule has 0 amide bonds. The molecule has 0 fully saturated rings. The summed E-state index contributed by atoms with van der Waals surface area (Å²) >= 11 is 34.6. The van der Waals surface area contributed by atoms with E-state index in [2.05, 4.69) is 15.0 Å². The lowest BCUT2D eigenvalue weighted by atomic mass is 10.2. The normalized spacial score (nSPS) is 12.3. The van der Waals surface area contributed by atoms with Crippen LogP contribution < -0.4 is 0 Å². The van der Waals surface area contributed by atoms with Gasteiger partial charge in [0.1, 0.15) is 0 Å². The summed E-state index contributed by atoms with van der Waals surface area (Å²) in [5.41, 5.74) is 0.287. The fourth-order valence-corrected chi connectivity index (χ4v) is 2.00. The van der Waals surface area contributed by atoms with Crippen molar-refractivity contribution in [2.45, 2.75) is 7.59 Å². The lowest BCUT2D eigenvalue weighted by Gasteiger charge is -2.15. The van der Waals surface area contributed by atoms with Gasteiger partial charge in [-0.15, -0.1) is 0 Å². The molecule has 0 saturated heterocycles. The van der Waals surface area contributed by atoms with Gasteiger partial charge in [0.15, 0.2) is 17.5 Å². The van der Waals surface area contributed by atoms with Crippen molar-refractivity contribution in [3.8, 4) is 11.4 Å². The Morgan fingerprint density at radius 2 is 1.26 bits per heavy atom. The summed E-state index contributed by atoms with van der Waals surface area (Å²) in [6.45, 7) is 0. The molecule has 0 spiro atoms. The van der Waals surface area contributed by atoms with E-state index in [0.29, 0.717) is 5.56 Å². The Balaban J connectivity index is 2.59. The van der Waals surface area contributed by atoms with Crippen molar-refractivity contribution in [2.75, 3.05) is 0 Å². The number of halogens is 6. The molecule has 0 unspecified atom stereocenters. The Bertz CT molecular complexity index is 709. The zero-order valence-electron chi connectivity index (χ0n) is 10.7. The van der Waals surface area contributed by atoms with Crippen LogP contribution in [0.25, 0.3) is 11.4 Å². The maximum Gasteiger partial charge on any atom is 0.269 e. The first-order chi connectivity index (χ1) is 10.5. The van der Waals surface area contributed by atoms with E-state index < -0.39 is 12.5 Å². The summed E-state index contributed by atoms with van der Waals surface area (Å²) in [4.78, 5) is 22.0. The van der Waals surface area contributed by atoms with Crippen molar-refractivity contribution in [3.63, 3.8) is 0 Å². The van der Waals surface area contributed by atoms with E-state index in [1.807, 2.05) is 0 Å². The van der Waals surface area contributed by atoms with Gasteiger partial charge in [-0.05, 0) is 12.1 Å². The van der Waals surface area contributed by atoms with E-state index in [4.69, 9.17) is 69.6 Å². The molecule has 0 saturated carbocycles. The predicted octanol–water partition coefficient (Wildman–Crippen LogP) is 5.10. The van der Waals surface area contributed by atoms with E-state index in [1.54, 1.807) is 0 Å². The summed E-state index contributed by atoms with van der Waals surface area (Å²) in [6, 6.07) is 5.36. The van der Waals surface area contributed by atoms with Crippen LogP contribution in [-0.2, 0) is 7.59 Å². The van der Waals surface area contributed by atoms with Crippen LogP contribution in [0.3, 0.4) is 0 Å². The second-order valence-corrected chi connectivity index (χ2v) is 8.67. The molecular formula is C11H4Cl6N4O2. The van der Waals surface area contributed by atoms with E-state index in [1.165, 1.54) is 24.3 Å². The van der Waals surface area contributed by atoms with Gasteiger partial charge in [-0.2, -0.15) is 0 Å². The van der Waals surface area contributed by atoms with Crippen molar-refractivity contribution in [1.82, 2.24) is 15.0 Å². The SMILES string of the molecule is O=[N+]([O-])c1ccc(-c2nc(C(Cl)(Cl)Cl)nc(C(Cl)(Cl)Cl)n2)cc1. The van der Waals surface area contributed by atoms with Gasteiger partial charge in [0.25, 0.3) is 5.69 Å². The molecule has 23 heavy (non-hydrogen) atoms. The molecule has 1 aromatic heterocycles. The summed E-state index contributed by atoms with van der Waals surface area (Å²) in [5.74, 6) is -0.447. The van der Waals surface area contributed by atoms with E-state index >= 15 is 0 Å². The number of nitrogens with zero attached hydrogens (tertiary/aromatic N) is 4. The highest BCUT2D eigenvalue weighted by atomic mass is 35.6. The zero-order chi connectivity index (χ0) is 17.4. The topological polar surface area (TPSA) is 81.8 Å². The number of nitro benzene ring substituents is 1. The molecule has 2 aromatic rings.